The van der Waals surface area contributed by atoms with Gasteiger partial charge in [-0.25, -0.2) is 0 Å². The summed E-state index contributed by atoms with van der Waals surface area (Å²) >= 11 is 0. The summed E-state index contributed by atoms with van der Waals surface area (Å²) in [6, 6.07) is 7.21. The Hall–Kier alpha value is -2.52. The number of amides is 1. The number of ether oxygens (including phenoxy) is 3. The average molecular weight is 332 g/mol. The number of nitrogens with zero attached hydrogens (tertiary/aromatic N) is 1. The van der Waals surface area contributed by atoms with Gasteiger partial charge in [0.2, 0.25) is 0 Å². The first kappa shape index (κ1) is 19.5. The van der Waals surface area contributed by atoms with Crippen molar-refractivity contribution in [2.24, 2.45) is 0 Å². The molecule has 0 spiro atoms. The van der Waals surface area contributed by atoms with Crippen LogP contribution >= 0.6 is 0 Å². The molecule has 6 nitrogen and oxygen atoms in total. The van der Waals surface area contributed by atoms with E-state index in [1.54, 1.807) is 32.4 Å². The first-order valence-corrected chi connectivity index (χ1v) is 7.86. The summed E-state index contributed by atoms with van der Waals surface area (Å²) in [6.45, 7) is 3.63. The Morgan fingerprint density at radius 1 is 1.29 bits per heavy atom. The van der Waals surface area contributed by atoms with Crippen LogP contribution in [0.3, 0.4) is 0 Å². The standard InChI is InChI=1S/C18H24N2O4/c1-4-9-24-16-7-6-14(12-17(16)23-3)11-15(13-19)18(21)20-8-5-10-22-2/h6-7,11-12H,4-5,8-10H2,1-3H3,(H,20,21)/b15-11+. The number of nitriles is 1. The van der Waals surface area contributed by atoms with Crippen LogP contribution in [0.5, 0.6) is 11.5 Å². The largest absolute Gasteiger partial charge is 0.493 e. The van der Waals surface area contributed by atoms with E-state index in [1.165, 1.54) is 6.08 Å². The Bertz CT molecular complexity index is 606. The second-order valence-electron chi connectivity index (χ2n) is 5.03. The highest BCUT2D eigenvalue weighted by Gasteiger charge is 2.10. The lowest BCUT2D eigenvalue weighted by Crippen LogP contribution is -2.26. The highest BCUT2D eigenvalue weighted by molar-refractivity contribution is 6.01. The molecule has 0 heterocycles. The Kier molecular flexibility index (Phi) is 9.02. The third-order valence-electron chi connectivity index (χ3n) is 3.14. The zero-order chi connectivity index (χ0) is 17.8. The molecule has 1 amide bonds. The topological polar surface area (TPSA) is 80.6 Å². The van der Waals surface area contributed by atoms with Crippen molar-refractivity contribution in [3.63, 3.8) is 0 Å². The molecule has 1 aromatic rings. The first-order valence-electron chi connectivity index (χ1n) is 7.86. The Morgan fingerprint density at radius 2 is 2.08 bits per heavy atom. The average Bonchev–Trinajstić information content (AvgIpc) is 2.61. The molecule has 1 N–H and O–H groups in total. The van der Waals surface area contributed by atoms with Crippen LogP contribution < -0.4 is 14.8 Å². The highest BCUT2D eigenvalue weighted by atomic mass is 16.5. The summed E-state index contributed by atoms with van der Waals surface area (Å²) in [7, 11) is 3.15. The quantitative estimate of drug-likeness (QED) is 0.404. The van der Waals surface area contributed by atoms with Gasteiger partial charge in [-0.2, -0.15) is 5.26 Å². The first-order chi connectivity index (χ1) is 11.7. The molecule has 0 saturated carbocycles. The van der Waals surface area contributed by atoms with Crippen LogP contribution in [0.2, 0.25) is 0 Å². The van der Waals surface area contributed by atoms with Crippen LogP contribution in [0.1, 0.15) is 25.3 Å². The number of hydrogen-bond acceptors (Lipinski definition) is 5. The van der Waals surface area contributed by atoms with E-state index in [1.807, 2.05) is 13.0 Å². The minimum Gasteiger partial charge on any atom is -0.493 e. The molecule has 0 bridgehead atoms. The number of nitrogens with one attached hydrogen (secondary N) is 1. The Morgan fingerprint density at radius 3 is 2.71 bits per heavy atom. The van der Waals surface area contributed by atoms with Crippen molar-refractivity contribution in [1.82, 2.24) is 5.32 Å². The van der Waals surface area contributed by atoms with Crippen LogP contribution in [-0.2, 0) is 9.53 Å². The van der Waals surface area contributed by atoms with Gasteiger partial charge in [-0.05, 0) is 36.6 Å². The molecule has 0 aliphatic heterocycles. The predicted molar refractivity (Wildman–Crippen MR) is 91.9 cm³/mol. The van der Waals surface area contributed by atoms with Gasteiger partial charge in [0.1, 0.15) is 11.6 Å². The van der Waals surface area contributed by atoms with Crippen molar-refractivity contribution in [2.45, 2.75) is 19.8 Å². The zero-order valence-electron chi connectivity index (χ0n) is 14.4. The second-order valence-corrected chi connectivity index (χ2v) is 5.03. The highest BCUT2D eigenvalue weighted by Crippen LogP contribution is 2.29. The summed E-state index contributed by atoms with van der Waals surface area (Å²) in [5.41, 5.74) is 0.732. The lowest BCUT2D eigenvalue weighted by molar-refractivity contribution is -0.117. The van der Waals surface area contributed by atoms with E-state index in [0.717, 1.165) is 6.42 Å². The lowest BCUT2D eigenvalue weighted by Gasteiger charge is -2.10. The molecular formula is C18H24N2O4. The predicted octanol–water partition coefficient (Wildman–Crippen LogP) is 2.54. The van der Waals surface area contributed by atoms with Crippen molar-refractivity contribution >= 4 is 12.0 Å². The summed E-state index contributed by atoms with van der Waals surface area (Å²) in [4.78, 5) is 12.0. The van der Waals surface area contributed by atoms with E-state index in [-0.39, 0.29) is 5.57 Å². The number of hydrogen-bond donors (Lipinski definition) is 1. The van der Waals surface area contributed by atoms with Gasteiger partial charge in [0.25, 0.3) is 5.91 Å². The molecule has 0 saturated heterocycles. The molecule has 1 rings (SSSR count). The fourth-order valence-corrected chi connectivity index (χ4v) is 1.93. The van der Waals surface area contributed by atoms with E-state index < -0.39 is 5.91 Å². The van der Waals surface area contributed by atoms with E-state index in [2.05, 4.69) is 5.32 Å². The summed E-state index contributed by atoms with van der Waals surface area (Å²) < 4.78 is 15.8. The van der Waals surface area contributed by atoms with Crippen LogP contribution in [0.4, 0.5) is 0 Å². The summed E-state index contributed by atoms with van der Waals surface area (Å²) in [5, 5.41) is 11.9. The van der Waals surface area contributed by atoms with E-state index in [0.29, 0.717) is 43.2 Å². The van der Waals surface area contributed by atoms with Gasteiger partial charge in [-0.15, -0.1) is 0 Å². The summed E-state index contributed by atoms with van der Waals surface area (Å²) in [6.07, 6.45) is 3.11. The minimum absolute atomic E-state index is 0.0386. The van der Waals surface area contributed by atoms with Gasteiger partial charge in [0.15, 0.2) is 11.5 Å². The van der Waals surface area contributed by atoms with E-state index in [9.17, 15) is 10.1 Å². The van der Waals surface area contributed by atoms with Crippen molar-refractivity contribution in [3.05, 3.63) is 29.3 Å². The molecule has 0 unspecified atom stereocenters. The van der Waals surface area contributed by atoms with Crippen molar-refractivity contribution in [1.29, 1.82) is 5.26 Å². The van der Waals surface area contributed by atoms with Crippen molar-refractivity contribution < 1.29 is 19.0 Å². The molecule has 0 aliphatic carbocycles. The lowest BCUT2D eigenvalue weighted by atomic mass is 10.1. The van der Waals surface area contributed by atoms with Gasteiger partial charge in [-0.3, -0.25) is 4.79 Å². The molecule has 24 heavy (non-hydrogen) atoms. The molecule has 130 valence electrons. The van der Waals surface area contributed by atoms with Crippen LogP contribution in [0, 0.1) is 11.3 Å². The maximum absolute atomic E-state index is 12.0. The zero-order valence-corrected chi connectivity index (χ0v) is 14.4. The molecule has 0 radical (unpaired) electrons. The maximum atomic E-state index is 12.0. The number of rotatable bonds is 10. The van der Waals surface area contributed by atoms with Gasteiger partial charge < -0.3 is 19.5 Å². The van der Waals surface area contributed by atoms with Gasteiger partial charge in [0, 0.05) is 20.3 Å². The maximum Gasteiger partial charge on any atom is 0.261 e. The molecule has 0 aliphatic rings. The number of benzene rings is 1. The van der Waals surface area contributed by atoms with Crippen LogP contribution in [-0.4, -0.2) is 39.9 Å². The Labute approximate surface area is 143 Å². The van der Waals surface area contributed by atoms with Crippen LogP contribution in [0.25, 0.3) is 6.08 Å². The molecule has 1 aromatic carbocycles. The fraction of sp³-hybridized carbons (Fsp3) is 0.444. The molecule has 6 heteroatoms. The normalized spacial score (nSPS) is 10.8. The van der Waals surface area contributed by atoms with E-state index >= 15 is 0 Å². The summed E-state index contributed by atoms with van der Waals surface area (Å²) in [5.74, 6) is 0.799. The number of carbonyl (C=O) groups is 1. The van der Waals surface area contributed by atoms with Gasteiger partial charge >= 0.3 is 0 Å². The number of methoxy groups -OCH3 is 2. The molecule has 0 atom stereocenters. The van der Waals surface area contributed by atoms with Gasteiger partial charge in [0.05, 0.1) is 13.7 Å². The minimum atomic E-state index is -0.404. The number of carbonyl (C=O) groups excluding carboxylic acids is 1. The third-order valence-corrected chi connectivity index (χ3v) is 3.14. The fourth-order valence-electron chi connectivity index (χ4n) is 1.93. The van der Waals surface area contributed by atoms with E-state index in [4.69, 9.17) is 14.2 Å². The van der Waals surface area contributed by atoms with Crippen LogP contribution in [0.15, 0.2) is 23.8 Å². The smallest absolute Gasteiger partial charge is 0.261 e. The molecular weight excluding hydrogens is 308 g/mol. The SMILES string of the molecule is CCCOc1ccc(/C=C(\C#N)C(=O)NCCCOC)cc1OC. The van der Waals surface area contributed by atoms with Crippen molar-refractivity contribution in [2.75, 3.05) is 34.0 Å². The Balaban J connectivity index is 2.84. The second kappa shape index (κ2) is 11.1. The van der Waals surface area contributed by atoms with Crippen molar-refractivity contribution in [3.8, 4) is 17.6 Å². The molecule has 0 aromatic heterocycles. The monoisotopic (exact) mass is 332 g/mol. The van der Waals surface area contributed by atoms with Gasteiger partial charge in [-0.1, -0.05) is 13.0 Å². The molecule has 0 fully saturated rings. The third kappa shape index (κ3) is 6.31.